The first-order valence-corrected chi connectivity index (χ1v) is 6.94. The third kappa shape index (κ3) is 9.19. The van der Waals surface area contributed by atoms with Crippen LogP contribution in [-0.2, 0) is 33.8 Å². The number of carbonyl (C=O) groups is 2. The molecule has 0 aromatic carbocycles. The van der Waals surface area contributed by atoms with Crippen LogP contribution in [0.15, 0.2) is 11.8 Å². The zero-order valence-electron chi connectivity index (χ0n) is 13.8. The summed E-state index contributed by atoms with van der Waals surface area (Å²) in [6, 6.07) is 0. The maximum absolute atomic E-state index is 11.5. The molecule has 0 saturated heterocycles. The number of carbonyl (C=O) groups excluding carboxylic acids is 2. The van der Waals surface area contributed by atoms with Crippen LogP contribution >= 0.6 is 0 Å². The van der Waals surface area contributed by atoms with Crippen LogP contribution in [0.5, 0.6) is 0 Å². The average molecular weight is 320 g/mol. The SMILES string of the molecule is CCOC(C)OC(=O)OOC(=O)C(C)=COOC(C)(C)CC. The molecule has 0 N–H and O–H groups in total. The molecule has 0 saturated carbocycles. The zero-order valence-corrected chi connectivity index (χ0v) is 13.8. The zero-order chi connectivity index (χ0) is 17.2. The monoisotopic (exact) mass is 320 g/mol. The fourth-order valence-electron chi connectivity index (χ4n) is 0.895. The summed E-state index contributed by atoms with van der Waals surface area (Å²) in [6.07, 6.45) is -0.221. The van der Waals surface area contributed by atoms with Gasteiger partial charge in [0.2, 0.25) is 6.29 Å². The van der Waals surface area contributed by atoms with E-state index in [1.807, 2.05) is 20.8 Å². The maximum Gasteiger partial charge on any atom is 0.552 e. The molecule has 0 aromatic rings. The Balaban J connectivity index is 4.12. The topological polar surface area (TPSA) is 89.5 Å². The van der Waals surface area contributed by atoms with Crippen molar-refractivity contribution >= 4 is 12.1 Å². The quantitative estimate of drug-likeness (QED) is 0.168. The molecule has 0 aliphatic rings. The molecule has 128 valence electrons. The van der Waals surface area contributed by atoms with Crippen LogP contribution in [0.1, 0.15) is 48.0 Å². The number of ether oxygens (including phenoxy) is 2. The molecule has 0 aliphatic heterocycles. The van der Waals surface area contributed by atoms with Crippen LogP contribution < -0.4 is 0 Å². The van der Waals surface area contributed by atoms with Gasteiger partial charge in [0.1, 0.15) is 11.9 Å². The molecule has 0 aliphatic carbocycles. The molecule has 0 heterocycles. The van der Waals surface area contributed by atoms with Crippen molar-refractivity contribution in [1.82, 2.24) is 0 Å². The van der Waals surface area contributed by atoms with Gasteiger partial charge in [0.15, 0.2) is 0 Å². The van der Waals surface area contributed by atoms with E-state index in [1.54, 1.807) is 6.92 Å². The van der Waals surface area contributed by atoms with Crippen LogP contribution in [0.25, 0.3) is 0 Å². The molecule has 0 bridgehead atoms. The van der Waals surface area contributed by atoms with E-state index >= 15 is 0 Å². The van der Waals surface area contributed by atoms with E-state index in [0.29, 0.717) is 6.61 Å². The Morgan fingerprint density at radius 1 is 1.18 bits per heavy atom. The van der Waals surface area contributed by atoms with Crippen molar-refractivity contribution in [3.63, 3.8) is 0 Å². The summed E-state index contributed by atoms with van der Waals surface area (Å²) in [5, 5.41) is 0. The highest BCUT2D eigenvalue weighted by Crippen LogP contribution is 2.14. The fraction of sp³-hybridized carbons (Fsp3) is 0.714. The second-order valence-electron chi connectivity index (χ2n) is 4.94. The van der Waals surface area contributed by atoms with E-state index in [4.69, 9.17) is 14.5 Å². The van der Waals surface area contributed by atoms with E-state index in [1.165, 1.54) is 13.8 Å². The lowest BCUT2D eigenvalue weighted by Gasteiger charge is -2.19. The van der Waals surface area contributed by atoms with Gasteiger partial charge in [0, 0.05) is 6.61 Å². The van der Waals surface area contributed by atoms with Crippen molar-refractivity contribution in [1.29, 1.82) is 0 Å². The first-order valence-electron chi connectivity index (χ1n) is 6.94. The molecule has 8 heteroatoms. The van der Waals surface area contributed by atoms with Crippen molar-refractivity contribution in [3.8, 4) is 0 Å². The molecule has 8 nitrogen and oxygen atoms in total. The molecule has 0 spiro atoms. The van der Waals surface area contributed by atoms with Gasteiger partial charge in [-0.15, -0.1) is 0 Å². The summed E-state index contributed by atoms with van der Waals surface area (Å²) in [4.78, 5) is 41.0. The van der Waals surface area contributed by atoms with E-state index in [2.05, 4.69) is 14.5 Å². The van der Waals surface area contributed by atoms with Crippen molar-refractivity contribution in [3.05, 3.63) is 11.8 Å². The van der Waals surface area contributed by atoms with Crippen molar-refractivity contribution < 1.29 is 38.6 Å². The molecule has 0 rings (SSSR count). The van der Waals surface area contributed by atoms with E-state index in [0.717, 1.165) is 12.7 Å². The summed E-state index contributed by atoms with van der Waals surface area (Å²) in [5.41, 5.74) is -0.450. The normalized spacial score (nSPS) is 13.3. The molecule has 1 atom stereocenters. The second-order valence-corrected chi connectivity index (χ2v) is 4.94. The highest BCUT2D eigenvalue weighted by Gasteiger charge is 2.18. The molecule has 22 heavy (non-hydrogen) atoms. The van der Waals surface area contributed by atoms with Crippen LogP contribution in [0.2, 0.25) is 0 Å². The smallest absolute Gasteiger partial charge is 0.402 e. The predicted octanol–water partition coefficient (Wildman–Crippen LogP) is 3.02. The van der Waals surface area contributed by atoms with E-state index in [9.17, 15) is 9.59 Å². The minimum Gasteiger partial charge on any atom is -0.402 e. The Labute approximate surface area is 130 Å². The minimum atomic E-state index is -1.19. The Hall–Kier alpha value is -1.80. The van der Waals surface area contributed by atoms with Crippen LogP contribution in [0.4, 0.5) is 4.79 Å². The summed E-state index contributed by atoms with van der Waals surface area (Å²) in [5.74, 6) is -0.918. The van der Waals surface area contributed by atoms with Crippen molar-refractivity contribution in [2.24, 2.45) is 0 Å². The highest BCUT2D eigenvalue weighted by molar-refractivity contribution is 5.87. The van der Waals surface area contributed by atoms with Gasteiger partial charge in [0.25, 0.3) is 0 Å². The van der Waals surface area contributed by atoms with Gasteiger partial charge < -0.3 is 14.4 Å². The fourth-order valence-corrected chi connectivity index (χ4v) is 0.895. The predicted molar refractivity (Wildman–Crippen MR) is 75.0 cm³/mol. The largest absolute Gasteiger partial charge is 0.552 e. The van der Waals surface area contributed by atoms with Crippen LogP contribution in [0.3, 0.4) is 0 Å². The number of hydrogen-bond donors (Lipinski definition) is 0. The standard InChI is InChI=1S/C14H24O8/c1-7-14(5,6)22-18-9-10(3)12(15)20-21-13(16)19-11(4)17-8-2/h9,11H,7-8H2,1-6H3. The Kier molecular flexibility index (Phi) is 9.20. The van der Waals surface area contributed by atoms with Gasteiger partial charge >= 0.3 is 12.1 Å². The summed E-state index contributed by atoms with van der Waals surface area (Å²) >= 11 is 0. The van der Waals surface area contributed by atoms with Crippen molar-refractivity contribution in [2.75, 3.05) is 6.61 Å². The van der Waals surface area contributed by atoms with Gasteiger partial charge in [0.05, 0.1) is 5.57 Å². The summed E-state index contributed by atoms with van der Waals surface area (Å²) in [7, 11) is 0. The van der Waals surface area contributed by atoms with E-state index in [-0.39, 0.29) is 5.57 Å². The third-order valence-corrected chi connectivity index (χ3v) is 2.52. The van der Waals surface area contributed by atoms with Crippen LogP contribution in [0, 0.1) is 0 Å². The molecular formula is C14H24O8. The average Bonchev–Trinajstić information content (AvgIpc) is 2.44. The number of hydrogen-bond acceptors (Lipinski definition) is 8. The Bertz CT molecular complexity index is 388. The minimum absolute atomic E-state index is 0.0394. The second kappa shape index (κ2) is 10.0. The van der Waals surface area contributed by atoms with Gasteiger partial charge in [-0.05, 0) is 41.0 Å². The van der Waals surface area contributed by atoms with Gasteiger partial charge in [-0.3, -0.25) is 0 Å². The molecule has 0 fully saturated rings. The van der Waals surface area contributed by atoms with E-state index < -0.39 is 24.0 Å². The third-order valence-electron chi connectivity index (χ3n) is 2.52. The highest BCUT2D eigenvalue weighted by atomic mass is 17.2. The Morgan fingerprint density at radius 2 is 1.82 bits per heavy atom. The molecule has 0 radical (unpaired) electrons. The Morgan fingerprint density at radius 3 is 2.36 bits per heavy atom. The number of rotatable bonds is 8. The van der Waals surface area contributed by atoms with Gasteiger partial charge in [-0.1, -0.05) is 6.92 Å². The maximum atomic E-state index is 11.5. The summed E-state index contributed by atoms with van der Waals surface area (Å²) in [6.45, 7) is 10.6. The molecule has 0 aromatic heterocycles. The van der Waals surface area contributed by atoms with Crippen molar-refractivity contribution in [2.45, 2.75) is 59.9 Å². The van der Waals surface area contributed by atoms with Gasteiger partial charge in [-0.25, -0.2) is 14.6 Å². The lowest BCUT2D eigenvalue weighted by atomic mass is 10.1. The van der Waals surface area contributed by atoms with Crippen LogP contribution in [-0.4, -0.2) is 30.6 Å². The lowest BCUT2D eigenvalue weighted by molar-refractivity contribution is -0.317. The molecular weight excluding hydrogens is 296 g/mol. The summed E-state index contributed by atoms with van der Waals surface area (Å²) < 4.78 is 9.58. The molecule has 0 amide bonds. The van der Waals surface area contributed by atoms with Gasteiger partial charge in [-0.2, -0.15) is 9.68 Å². The lowest BCUT2D eigenvalue weighted by Crippen LogP contribution is -2.22. The molecule has 1 unspecified atom stereocenters. The first-order chi connectivity index (χ1) is 10.2. The first kappa shape index (κ1) is 20.2.